The number of benzene rings is 2. The lowest BCUT2D eigenvalue weighted by molar-refractivity contribution is -0.123. The van der Waals surface area contributed by atoms with E-state index in [1.807, 2.05) is 22.4 Å². The highest BCUT2D eigenvalue weighted by atomic mass is 32.2. The van der Waals surface area contributed by atoms with Crippen molar-refractivity contribution in [3.63, 3.8) is 0 Å². The minimum absolute atomic E-state index is 0.00506. The van der Waals surface area contributed by atoms with E-state index in [-0.39, 0.29) is 16.9 Å². The van der Waals surface area contributed by atoms with Gasteiger partial charge in [-0.05, 0) is 41.3 Å². The molecule has 6 nitrogen and oxygen atoms in total. The summed E-state index contributed by atoms with van der Waals surface area (Å²) in [6.07, 6.45) is 0. The first-order valence-electron chi connectivity index (χ1n) is 7.87. The van der Waals surface area contributed by atoms with Gasteiger partial charge in [0.1, 0.15) is 11.6 Å². The van der Waals surface area contributed by atoms with Crippen LogP contribution in [-0.4, -0.2) is 20.9 Å². The molecule has 0 fully saturated rings. The van der Waals surface area contributed by atoms with E-state index in [1.165, 1.54) is 12.1 Å². The summed E-state index contributed by atoms with van der Waals surface area (Å²) in [7, 11) is -4.06. The second-order valence-electron chi connectivity index (χ2n) is 6.67. The third-order valence-electron chi connectivity index (χ3n) is 3.52. The number of rotatable bonds is 6. The fraction of sp³-hybridized carbons (Fsp3) is 0.278. The van der Waals surface area contributed by atoms with Crippen LogP contribution in [0.2, 0.25) is 0 Å². The number of halogens is 1. The monoisotopic (exact) mass is 380 g/mol. The number of amides is 1. The summed E-state index contributed by atoms with van der Waals surface area (Å²) in [6, 6.07) is 11.7. The van der Waals surface area contributed by atoms with Gasteiger partial charge < -0.3 is 4.74 Å². The van der Waals surface area contributed by atoms with Crippen molar-refractivity contribution < 1.29 is 22.3 Å². The zero-order valence-electron chi connectivity index (χ0n) is 14.7. The van der Waals surface area contributed by atoms with Crippen LogP contribution >= 0.6 is 0 Å². The van der Waals surface area contributed by atoms with Crippen molar-refractivity contribution in [3.05, 3.63) is 59.9 Å². The summed E-state index contributed by atoms with van der Waals surface area (Å²) in [6.45, 7) is 5.88. The minimum atomic E-state index is -4.06. The van der Waals surface area contributed by atoms with Crippen molar-refractivity contribution in [2.45, 2.75) is 31.1 Å². The molecule has 26 heavy (non-hydrogen) atoms. The third kappa shape index (κ3) is 5.53. The Bertz CT molecular complexity index is 875. The maximum Gasteiger partial charge on any atom is 0.272 e. The summed E-state index contributed by atoms with van der Waals surface area (Å²) >= 11 is 0. The van der Waals surface area contributed by atoms with E-state index in [1.54, 1.807) is 12.1 Å². The average Bonchev–Trinajstić information content (AvgIpc) is 2.58. The van der Waals surface area contributed by atoms with Gasteiger partial charge in [0.15, 0.2) is 6.61 Å². The molecule has 0 aliphatic carbocycles. The molecule has 2 aromatic carbocycles. The highest BCUT2D eigenvalue weighted by molar-refractivity contribution is 7.89. The van der Waals surface area contributed by atoms with Crippen LogP contribution in [0.5, 0.6) is 5.75 Å². The molecule has 2 aromatic rings. The first-order chi connectivity index (χ1) is 12.1. The molecule has 0 saturated carbocycles. The molecule has 140 valence electrons. The third-order valence-corrected chi connectivity index (χ3v) is 4.77. The van der Waals surface area contributed by atoms with Crippen molar-refractivity contribution in [1.29, 1.82) is 0 Å². The Balaban J connectivity index is 1.87. The maximum absolute atomic E-state index is 13.1. The van der Waals surface area contributed by atoms with Crippen LogP contribution in [0.3, 0.4) is 0 Å². The number of hydrogen-bond donors (Lipinski definition) is 2. The number of hydrazine groups is 1. The van der Waals surface area contributed by atoms with Crippen LogP contribution in [-0.2, 0) is 20.2 Å². The topological polar surface area (TPSA) is 84.5 Å². The van der Waals surface area contributed by atoms with Crippen LogP contribution in [0.4, 0.5) is 4.39 Å². The quantitative estimate of drug-likeness (QED) is 0.754. The molecule has 0 radical (unpaired) electrons. The average molecular weight is 380 g/mol. The molecule has 0 atom stereocenters. The van der Waals surface area contributed by atoms with Crippen LogP contribution < -0.4 is 15.0 Å². The molecule has 1 amide bonds. The standard InChI is InChI=1S/C18H21FN2O4S/c1-18(2,3)13-7-9-15(10-8-13)25-12-17(22)20-21-26(23,24)16-6-4-5-14(19)11-16/h4-11,21H,12H2,1-3H3,(H,20,22). The number of carbonyl (C=O) groups excluding carboxylic acids is 1. The van der Waals surface area contributed by atoms with Gasteiger partial charge in [-0.25, -0.2) is 12.8 Å². The summed E-state index contributed by atoms with van der Waals surface area (Å²) in [5, 5.41) is 0. The number of carbonyl (C=O) groups is 1. The van der Waals surface area contributed by atoms with Gasteiger partial charge in [0.05, 0.1) is 4.90 Å². The molecule has 0 bridgehead atoms. The molecule has 8 heteroatoms. The predicted octanol–water partition coefficient (Wildman–Crippen LogP) is 2.51. The van der Waals surface area contributed by atoms with Gasteiger partial charge in [0, 0.05) is 0 Å². The number of sulfonamides is 1. The van der Waals surface area contributed by atoms with Crippen LogP contribution in [0, 0.1) is 5.82 Å². The summed E-state index contributed by atoms with van der Waals surface area (Å²) in [5.74, 6) is -0.896. The van der Waals surface area contributed by atoms with Crippen LogP contribution in [0.1, 0.15) is 26.3 Å². The van der Waals surface area contributed by atoms with Crippen LogP contribution in [0.25, 0.3) is 0 Å². The number of nitrogens with one attached hydrogen (secondary N) is 2. The highest BCUT2D eigenvalue weighted by Gasteiger charge is 2.16. The normalized spacial score (nSPS) is 11.8. The Morgan fingerprint density at radius 2 is 1.77 bits per heavy atom. The molecular formula is C18H21FN2O4S. The Labute approximate surface area is 152 Å². The zero-order valence-corrected chi connectivity index (χ0v) is 15.6. The lowest BCUT2D eigenvalue weighted by atomic mass is 9.87. The molecule has 0 aliphatic rings. The van der Waals surface area contributed by atoms with Gasteiger partial charge in [-0.1, -0.05) is 39.0 Å². The first-order valence-corrected chi connectivity index (χ1v) is 9.36. The number of ether oxygens (including phenoxy) is 1. The van der Waals surface area contributed by atoms with E-state index in [9.17, 15) is 17.6 Å². The van der Waals surface area contributed by atoms with Gasteiger partial charge in [-0.3, -0.25) is 10.2 Å². The molecule has 0 aliphatic heterocycles. The minimum Gasteiger partial charge on any atom is -0.484 e. The van der Waals surface area contributed by atoms with Crippen molar-refractivity contribution in [2.75, 3.05) is 6.61 Å². The van der Waals surface area contributed by atoms with E-state index in [2.05, 4.69) is 20.8 Å². The van der Waals surface area contributed by atoms with Gasteiger partial charge in [-0.15, -0.1) is 4.83 Å². The van der Waals surface area contributed by atoms with Gasteiger partial charge in [0.25, 0.3) is 15.9 Å². The van der Waals surface area contributed by atoms with E-state index >= 15 is 0 Å². The fourth-order valence-corrected chi connectivity index (χ4v) is 2.94. The molecular weight excluding hydrogens is 359 g/mol. The van der Waals surface area contributed by atoms with Crippen LogP contribution in [0.15, 0.2) is 53.4 Å². The lowest BCUT2D eigenvalue weighted by Crippen LogP contribution is -2.43. The summed E-state index contributed by atoms with van der Waals surface area (Å²) in [4.78, 5) is 13.3. The van der Waals surface area contributed by atoms with Crippen molar-refractivity contribution in [2.24, 2.45) is 0 Å². The Morgan fingerprint density at radius 1 is 1.12 bits per heavy atom. The molecule has 2 rings (SSSR count). The Morgan fingerprint density at radius 3 is 2.35 bits per heavy atom. The molecule has 2 N–H and O–H groups in total. The smallest absolute Gasteiger partial charge is 0.272 e. The largest absolute Gasteiger partial charge is 0.484 e. The number of hydrogen-bond acceptors (Lipinski definition) is 4. The predicted molar refractivity (Wildman–Crippen MR) is 95.5 cm³/mol. The van der Waals surface area contributed by atoms with E-state index in [0.29, 0.717) is 5.75 Å². The summed E-state index contributed by atoms with van der Waals surface area (Å²) < 4.78 is 42.3. The summed E-state index contributed by atoms with van der Waals surface area (Å²) in [5.41, 5.74) is 3.15. The van der Waals surface area contributed by atoms with Crippen molar-refractivity contribution in [3.8, 4) is 5.75 Å². The van der Waals surface area contributed by atoms with E-state index in [0.717, 1.165) is 17.7 Å². The van der Waals surface area contributed by atoms with Gasteiger partial charge in [0.2, 0.25) is 0 Å². The maximum atomic E-state index is 13.1. The fourth-order valence-electron chi connectivity index (χ4n) is 2.05. The molecule has 0 aromatic heterocycles. The molecule has 0 unspecified atom stereocenters. The van der Waals surface area contributed by atoms with Crippen molar-refractivity contribution in [1.82, 2.24) is 10.3 Å². The molecule has 0 saturated heterocycles. The van der Waals surface area contributed by atoms with Gasteiger partial charge in [-0.2, -0.15) is 0 Å². The first kappa shape index (κ1) is 19.9. The van der Waals surface area contributed by atoms with E-state index < -0.39 is 21.7 Å². The molecule has 0 heterocycles. The Hall–Kier alpha value is -2.45. The lowest BCUT2D eigenvalue weighted by Gasteiger charge is -2.19. The highest BCUT2D eigenvalue weighted by Crippen LogP contribution is 2.24. The Kier molecular flexibility index (Phi) is 5.99. The zero-order chi connectivity index (χ0) is 19.4. The van der Waals surface area contributed by atoms with Crippen molar-refractivity contribution >= 4 is 15.9 Å². The second kappa shape index (κ2) is 7.84. The van der Waals surface area contributed by atoms with Gasteiger partial charge >= 0.3 is 0 Å². The second-order valence-corrected chi connectivity index (χ2v) is 8.36. The SMILES string of the molecule is CC(C)(C)c1ccc(OCC(=O)NNS(=O)(=O)c2cccc(F)c2)cc1. The molecule has 0 spiro atoms. The van der Waals surface area contributed by atoms with E-state index in [4.69, 9.17) is 4.74 Å².